The summed E-state index contributed by atoms with van der Waals surface area (Å²) in [7, 11) is 5.15. The molecule has 1 aromatic rings. The van der Waals surface area contributed by atoms with E-state index < -0.39 is 0 Å². The predicted octanol–water partition coefficient (Wildman–Crippen LogP) is 2.67. The highest BCUT2D eigenvalue weighted by Crippen LogP contribution is 2.24. The molecule has 0 spiro atoms. The molecule has 0 atom stereocenters. The first-order chi connectivity index (χ1) is 12.3. The lowest BCUT2D eigenvalue weighted by Gasteiger charge is -2.15. The number of benzene rings is 1. The molecule has 1 rings (SSSR count). The van der Waals surface area contributed by atoms with Crippen LogP contribution in [0.3, 0.4) is 0 Å². The van der Waals surface area contributed by atoms with Crippen molar-refractivity contribution in [2.45, 2.75) is 26.7 Å². The molecule has 6 nitrogen and oxygen atoms in total. The molecule has 0 heterocycles. The minimum atomic E-state index is -0.0183. The van der Waals surface area contributed by atoms with E-state index >= 15 is 0 Å². The fraction of sp³-hybridized carbons (Fsp3) is 0.579. The van der Waals surface area contributed by atoms with Crippen molar-refractivity contribution in [3.05, 3.63) is 28.2 Å². The number of rotatable bonds is 9. The number of methoxy groups -OCH3 is 1. The average molecular weight is 427 g/mol. The van der Waals surface area contributed by atoms with Gasteiger partial charge in [0.2, 0.25) is 5.91 Å². The standard InChI is InChI=1S/C19H31BrN4O2/c1-14(2)12-22-19(23-13-18(25)24(3)4)21-10-6-7-15-8-9-16(20)11-17(15)26-5/h8-9,11,14H,6-7,10,12-13H2,1-5H3,(H2,21,22,23). The fourth-order valence-electron chi connectivity index (χ4n) is 2.17. The van der Waals surface area contributed by atoms with Crippen LogP contribution in [0.15, 0.2) is 27.7 Å². The second kappa shape index (κ2) is 11.8. The molecule has 146 valence electrons. The highest BCUT2D eigenvalue weighted by atomic mass is 79.9. The van der Waals surface area contributed by atoms with Crippen LogP contribution in [0.4, 0.5) is 0 Å². The Labute approximate surface area is 165 Å². The molecule has 0 saturated heterocycles. The Kier molecular flexibility index (Phi) is 10.1. The summed E-state index contributed by atoms with van der Waals surface area (Å²) in [6.45, 7) is 5.98. The Morgan fingerprint density at radius 1 is 1.31 bits per heavy atom. The van der Waals surface area contributed by atoms with Crippen molar-refractivity contribution in [3.63, 3.8) is 0 Å². The Hall–Kier alpha value is -1.76. The summed E-state index contributed by atoms with van der Waals surface area (Å²) in [5.41, 5.74) is 1.17. The number of guanidine groups is 1. The first-order valence-corrected chi connectivity index (χ1v) is 9.67. The molecule has 1 amide bonds. The van der Waals surface area contributed by atoms with E-state index in [0.717, 1.165) is 36.2 Å². The summed E-state index contributed by atoms with van der Waals surface area (Å²) in [5, 5.41) is 6.59. The van der Waals surface area contributed by atoms with E-state index in [9.17, 15) is 4.79 Å². The number of amides is 1. The van der Waals surface area contributed by atoms with Crippen molar-refractivity contribution in [2.24, 2.45) is 10.9 Å². The van der Waals surface area contributed by atoms with Gasteiger partial charge < -0.3 is 20.3 Å². The maximum absolute atomic E-state index is 11.7. The summed E-state index contributed by atoms with van der Waals surface area (Å²) in [6.07, 6.45) is 1.83. The SMILES string of the molecule is COc1cc(Br)ccc1CCCNC(=NCC(=O)N(C)C)NCC(C)C. The van der Waals surface area contributed by atoms with E-state index in [1.807, 2.05) is 12.1 Å². The zero-order chi connectivity index (χ0) is 19.5. The summed E-state index contributed by atoms with van der Waals surface area (Å²) >= 11 is 3.46. The van der Waals surface area contributed by atoms with Gasteiger partial charge in [0.25, 0.3) is 0 Å². The first kappa shape index (κ1) is 22.3. The highest BCUT2D eigenvalue weighted by molar-refractivity contribution is 9.10. The number of ether oxygens (including phenoxy) is 1. The molecule has 0 unspecified atom stereocenters. The van der Waals surface area contributed by atoms with E-state index in [-0.39, 0.29) is 12.5 Å². The quantitative estimate of drug-likeness (QED) is 0.361. The topological polar surface area (TPSA) is 66.0 Å². The van der Waals surface area contributed by atoms with Crippen LogP contribution in [0.25, 0.3) is 0 Å². The molecule has 0 saturated carbocycles. The van der Waals surface area contributed by atoms with Crippen LogP contribution in [-0.4, -0.2) is 57.6 Å². The second-order valence-corrected chi connectivity index (χ2v) is 7.63. The zero-order valence-corrected chi connectivity index (χ0v) is 18.0. The number of aliphatic imine (C=N–C) groups is 1. The molecule has 0 radical (unpaired) electrons. The van der Waals surface area contributed by atoms with E-state index in [1.165, 1.54) is 5.56 Å². The van der Waals surface area contributed by atoms with Gasteiger partial charge in [0.05, 0.1) is 7.11 Å². The number of hydrogen-bond acceptors (Lipinski definition) is 3. The van der Waals surface area contributed by atoms with Crippen molar-refractivity contribution in [1.29, 1.82) is 0 Å². The van der Waals surface area contributed by atoms with Crippen molar-refractivity contribution in [2.75, 3.05) is 40.8 Å². The third kappa shape index (κ3) is 8.56. The van der Waals surface area contributed by atoms with Crippen LogP contribution in [0, 0.1) is 5.92 Å². The molecule has 1 aromatic carbocycles. The van der Waals surface area contributed by atoms with Crippen LogP contribution in [0.5, 0.6) is 5.75 Å². The molecule has 26 heavy (non-hydrogen) atoms. The number of carbonyl (C=O) groups is 1. The van der Waals surface area contributed by atoms with Crippen LogP contribution in [0.1, 0.15) is 25.8 Å². The lowest BCUT2D eigenvalue weighted by Crippen LogP contribution is -2.40. The molecular weight excluding hydrogens is 396 g/mol. The lowest BCUT2D eigenvalue weighted by atomic mass is 10.1. The Morgan fingerprint density at radius 3 is 2.65 bits per heavy atom. The zero-order valence-electron chi connectivity index (χ0n) is 16.4. The molecule has 0 aliphatic carbocycles. The number of carbonyl (C=O) groups excluding carboxylic acids is 1. The highest BCUT2D eigenvalue weighted by Gasteiger charge is 2.06. The smallest absolute Gasteiger partial charge is 0.243 e. The molecule has 7 heteroatoms. The summed E-state index contributed by atoms with van der Waals surface area (Å²) < 4.78 is 6.44. The molecular formula is C19H31BrN4O2. The van der Waals surface area contributed by atoms with Crippen molar-refractivity contribution < 1.29 is 9.53 Å². The van der Waals surface area contributed by atoms with Gasteiger partial charge >= 0.3 is 0 Å². The predicted molar refractivity (Wildman–Crippen MR) is 111 cm³/mol. The van der Waals surface area contributed by atoms with E-state index in [1.54, 1.807) is 26.1 Å². The molecule has 2 N–H and O–H groups in total. The maximum Gasteiger partial charge on any atom is 0.243 e. The largest absolute Gasteiger partial charge is 0.496 e. The van der Waals surface area contributed by atoms with Crippen LogP contribution in [-0.2, 0) is 11.2 Å². The van der Waals surface area contributed by atoms with Gasteiger partial charge in [0.1, 0.15) is 12.3 Å². The van der Waals surface area contributed by atoms with Crippen molar-refractivity contribution >= 4 is 27.8 Å². The summed E-state index contributed by atoms with van der Waals surface area (Å²) in [5.74, 6) is 2.05. The third-order valence-electron chi connectivity index (χ3n) is 3.71. The lowest BCUT2D eigenvalue weighted by molar-refractivity contribution is -0.127. The van der Waals surface area contributed by atoms with E-state index in [4.69, 9.17) is 4.74 Å². The summed E-state index contributed by atoms with van der Waals surface area (Å²) in [4.78, 5) is 17.7. The minimum Gasteiger partial charge on any atom is -0.496 e. The number of likely N-dealkylation sites (N-methyl/N-ethyl adjacent to an activating group) is 1. The van der Waals surface area contributed by atoms with Gasteiger partial charge in [0.15, 0.2) is 5.96 Å². The Bertz CT molecular complexity index is 603. The number of nitrogens with zero attached hydrogens (tertiary/aromatic N) is 2. The van der Waals surface area contributed by atoms with Gasteiger partial charge in [-0.2, -0.15) is 0 Å². The maximum atomic E-state index is 11.7. The number of halogens is 1. The molecule has 0 fully saturated rings. The number of nitrogens with one attached hydrogen (secondary N) is 2. The Morgan fingerprint density at radius 2 is 2.04 bits per heavy atom. The fourth-order valence-corrected chi connectivity index (χ4v) is 2.51. The van der Waals surface area contributed by atoms with Crippen LogP contribution >= 0.6 is 15.9 Å². The average Bonchev–Trinajstić information content (AvgIpc) is 2.60. The second-order valence-electron chi connectivity index (χ2n) is 6.71. The number of aryl methyl sites for hydroxylation is 1. The van der Waals surface area contributed by atoms with E-state index in [0.29, 0.717) is 11.9 Å². The number of hydrogen-bond donors (Lipinski definition) is 2. The summed E-state index contributed by atoms with van der Waals surface area (Å²) in [6, 6.07) is 6.08. The van der Waals surface area contributed by atoms with Crippen LogP contribution < -0.4 is 15.4 Å². The van der Waals surface area contributed by atoms with Crippen LogP contribution in [0.2, 0.25) is 0 Å². The molecule has 0 aliphatic heterocycles. The molecule has 0 bridgehead atoms. The van der Waals surface area contributed by atoms with Gasteiger partial charge in [0, 0.05) is 31.7 Å². The first-order valence-electron chi connectivity index (χ1n) is 8.88. The van der Waals surface area contributed by atoms with Gasteiger partial charge in [-0.05, 0) is 36.5 Å². The third-order valence-corrected chi connectivity index (χ3v) is 4.21. The molecule has 0 aromatic heterocycles. The van der Waals surface area contributed by atoms with Gasteiger partial charge in [-0.15, -0.1) is 0 Å². The van der Waals surface area contributed by atoms with Gasteiger partial charge in [-0.25, -0.2) is 4.99 Å². The normalized spacial score (nSPS) is 11.4. The van der Waals surface area contributed by atoms with Crippen molar-refractivity contribution in [1.82, 2.24) is 15.5 Å². The van der Waals surface area contributed by atoms with Crippen molar-refractivity contribution in [3.8, 4) is 5.75 Å². The minimum absolute atomic E-state index is 0.0183. The monoisotopic (exact) mass is 426 g/mol. The van der Waals surface area contributed by atoms with E-state index in [2.05, 4.69) is 51.5 Å². The van der Waals surface area contributed by atoms with Gasteiger partial charge in [-0.1, -0.05) is 35.8 Å². The Balaban J connectivity index is 2.55. The van der Waals surface area contributed by atoms with Gasteiger partial charge in [-0.3, -0.25) is 4.79 Å². The molecule has 0 aliphatic rings.